The summed E-state index contributed by atoms with van der Waals surface area (Å²) in [6.07, 6.45) is -3.76. The minimum absolute atomic E-state index is 0.0309. The second-order valence-corrected chi connectivity index (χ2v) is 7.64. The first-order valence-corrected chi connectivity index (χ1v) is 9.49. The van der Waals surface area contributed by atoms with Crippen LogP contribution in [0.2, 0.25) is 0 Å². The number of aryl methyl sites for hydroxylation is 1. The summed E-state index contributed by atoms with van der Waals surface area (Å²) < 4.78 is 40.9. The maximum absolute atomic E-state index is 13.3. The molecule has 0 fully saturated rings. The molecule has 4 nitrogen and oxygen atoms in total. The summed E-state index contributed by atoms with van der Waals surface area (Å²) >= 11 is 0. The van der Waals surface area contributed by atoms with Crippen molar-refractivity contribution in [2.75, 3.05) is 5.32 Å². The van der Waals surface area contributed by atoms with Gasteiger partial charge in [0.2, 0.25) is 0 Å². The Hall–Kier alpha value is -2.31. The molecule has 28 heavy (non-hydrogen) atoms. The summed E-state index contributed by atoms with van der Waals surface area (Å²) in [6, 6.07) is 5.59. The van der Waals surface area contributed by atoms with E-state index in [4.69, 9.17) is 0 Å². The standard InChI is InChI=1S/C19H22F3N3O.C2H6/c1-10-9-18(3,4)12-7-6-8-13(14(10)12)23-17(26)15-11(2)25(5)24-16(15)19(20,21)22;1-2/h6-8,10H,9H2,1-5H3,(H,23,26);1-2H3. The highest BCUT2D eigenvalue weighted by molar-refractivity contribution is 6.06. The summed E-state index contributed by atoms with van der Waals surface area (Å²) in [4.78, 5) is 12.7. The fraction of sp³-hybridized carbons (Fsp3) is 0.524. The molecule has 0 bridgehead atoms. The molecule has 1 heterocycles. The van der Waals surface area contributed by atoms with Crippen LogP contribution in [0.5, 0.6) is 0 Å². The number of hydrogen-bond acceptors (Lipinski definition) is 2. The number of amides is 1. The predicted octanol–water partition coefficient (Wildman–Crippen LogP) is 5.81. The third-order valence-electron chi connectivity index (χ3n) is 5.22. The van der Waals surface area contributed by atoms with Crippen molar-refractivity contribution >= 4 is 11.6 Å². The van der Waals surface area contributed by atoms with Crippen LogP contribution in [0.15, 0.2) is 18.2 Å². The number of anilines is 1. The molecule has 1 aromatic heterocycles. The minimum atomic E-state index is -4.69. The molecular weight excluding hydrogens is 367 g/mol. The summed E-state index contributed by atoms with van der Waals surface area (Å²) in [7, 11) is 1.40. The van der Waals surface area contributed by atoms with Gasteiger partial charge in [-0.2, -0.15) is 18.3 Å². The molecule has 0 radical (unpaired) electrons. The first kappa shape index (κ1) is 22.0. The van der Waals surface area contributed by atoms with Crippen molar-refractivity contribution in [1.29, 1.82) is 0 Å². The lowest BCUT2D eigenvalue weighted by molar-refractivity contribution is -0.141. The van der Waals surface area contributed by atoms with Crippen LogP contribution in [-0.4, -0.2) is 15.7 Å². The molecule has 0 saturated carbocycles. The van der Waals surface area contributed by atoms with Crippen LogP contribution in [0, 0.1) is 6.92 Å². The minimum Gasteiger partial charge on any atom is -0.322 e. The third-order valence-corrected chi connectivity index (χ3v) is 5.22. The molecule has 1 N–H and O–H groups in total. The monoisotopic (exact) mass is 395 g/mol. The van der Waals surface area contributed by atoms with Crippen LogP contribution < -0.4 is 5.32 Å². The van der Waals surface area contributed by atoms with Crippen LogP contribution in [0.4, 0.5) is 18.9 Å². The second-order valence-electron chi connectivity index (χ2n) is 7.64. The average Bonchev–Trinajstić information content (AvgIpc) is 3.03. The Morgan fingerprint density at radius 2 is 1.89 bits per heavy atom. The van der Waals surface area contributed by atoms with Crippen molar-refractivity contribution in [3.05, 3.63) is 46.3 Å². The molecule has 2 aromatic rings. The van der Waals surface area contributed by atoms with Gasteiger partial charge >= 0.3 is 6.18 Å². The lowest BCUT2D eigenvalue weighted by Gasteiger charge is -2.19. The van der Waals surface area contributed by atoms with E-state index in [1.54, 1.807) is 6.07 Å². The van der Waals surface area contributed by atoms with Gasteiger partial charge in [-0.05, 0) is 41.9 Å². The molecule has 3 rings (SSSR count). The lowest BCUT2D eigenvalue weighted by atomic mass is 9.86. The molecule has 1 unspecified atom stereocenters. The topological polar surface area (TPSA) is 46.9 Å². The number of nitrogens with one attached hydrogen (secondary N) is 1. The van der Waals surface area contributed by atoms with E-state index in [0.29, 0.717) is 5.69 Å². The predicted molar refractivity (Wildman–Crippen MR) is 105 cm³/mol. The van der Waals surface area contributed by atoms with Crippen molar-refractivity contribution in [2.24, 2.45) is 7.05 Å². The summed E-state index contributed by atoms with van der Waals surface area (Å²) in [5.41, 5.74) is 1.26. The highest BCUT2D eigenvalue weighted by Crippen LogP contribution is 2.48. The number of rotatable bonds is 2. The first-order chi connectivity index (χ1) is 12.9. The van der Waals surface area contributed by atoms with Gasteiger partial charge in [0.05, 0.1) is 5.56 Å². The van der Waals surface area contributed by atoms with Crippen molar-refractivity contribution in [2.45, 2.75) is 65.5 Å². The molecule has 1 atom stereocenters. The number of aromatic nitrogens is 2. The number of fused-ring (bicyclic) bond motifs is 1. The maximum atomic E-state index is 13.3. The Bertz CT molecular complexity index is 882. The number of benzene rings is 1. The van der Waals surface area contributed by atoms with Crippen LogP contribution in [0.25, 0.3) is 0 Å². The number of nitrogens with zero attached hydrogens (tertiary/aromatic N) is 2. The molecule has 0 aliphatic heterocycles. The van der Waals surface area contributed by atoms with Crippen LogP contribution in [0.1, 0.15) is 79.8 Å². The van der Waals surface area contributed by atoms with Gasteiger partial charge in [0.15, 0.2) is 5.69 Å². The van der Waals surface area contributed by atoms with E-state index in [-0.39, 0.29) is 17.0 Å². The number of carbonyl (C=O) groups is 1. The van der Waals surface area contributed by atoms with Crippen LogP contribution in [0.3, 0.4) is 0 Å². The van der Waals surface area contributed by atoms with Gasteiger partial charge in [-0.25, -0.2) is 0 Å². The zero-order chi connectivity index (χ0) is 21.4. The smallest absolute Gasteiger partial charge is 0.322 e. The molecule has 1 amide bonds. The van der Waals surface area contributed by atoms with E-state index >= 15 is 0 Å². The molecular formula is C21H28F3N3O. The highest BCUT2D eigenvalue weighted by atomic mass is 19.4. The van der Waals surface area contributed by atoms with Gasteiger partial charge in [-0.15, -0.1) is 0 Å². The van der Waals surface area contributed by atoms with Crippen molar-refractivity contribution in [3.8, 4) is 0 Å². The van der Waals surface area contributed by atoms with Crippen LogP contribution >= 0.6 is 0 Å². The van der Waals surface area contributed by atoms with E-state index in [0.717, 1.165) is 22.2 Å². The Kier molecular flexibility index (Phi) is 5.97. The van der Waals surface area contributed by atoms with Gasteiger partial charge in [-0.1, -0.05) is 46.8 Å². The third kappa shape index (κ3) is 3.80. The average molecular weight is 395 g/mol. The van der Waals surface area contributed by atoms with Crippen molar-refractivity contribution in [1.82, 2.24) is 9.78 Å². The zero-order valence-electron chi connectivity index (χ0n) is 17.5. The van der Waals surface area contributed by atoms with E-state index in [2.05, 4.69) is 31.2 Å². The summed E-state index contributed by atoms with van der Waals surface area (Å²) in [6.45, 7) is 11.8. The molecule has 1 aliphatic rings. The normalized spacial score (nSPS) is 17.6. The molecule has 7 heteroatoms. The Morgan fingerprint density at radius 3 is 2.46 bits per heavy atom. The fourth-order valence-electron chi connectivity index (χ4n) is 4.04. The lowest BCUT2D eigenvalue weighted by Crippen LogP contribution is -2.19. The Morgan fingerprint density at radius 1 is 1.29 bits per heavy atom. The molecule has 1 aromatic carbocycles. The summed E-state index contributed by atoms with van der Waals surface area (Å²) in [5.74, 6) is -0.568. The van der Waals surface area contributed by atoms with Crippen LogP contribution in [-0.2, 0) is 18.6 Å². The SMILES string of the molecule is CC.Cc1c(C(=O)Nc2cccc3c2C(C)CC3(C)C)c(C(F)(F)F)nn1C. The van der Waals surface area contributed by atoms with E-state index in [9.17, 15) is 18.0 Å². The highest BCUT2D eigenvalue weighted by Gasteiger charge is 2.41. The number of carbonyl (C=O) groups excluding carboxylic acids is 1. The summed E-state index contributed by atoms with van der Waals surface area (Å²) in [5, 5.41) is 6.19. The molecule has 0 saturated heterocycles. The Labute approximate surface area is 164 Å². The number of hydrogen-bond donors (Lipinski definition) is 1. The van der Waals surface area contributed by atoms with Gasteiger partial charge in [0, 0.05) is 18.4 Å². The van der Waals surface area contributed by atoms with Crippen molar-refractivity contribution in [3.63, 3.8) is 0 Å². The maximum Gasteiger partial charge on any atom is 0.435 e. The molecule has 0 spiro atoms. The second kappa shape index (κ2) is 7.60. The zero-order valence-corrected chi connectivity index (χ0v) is 17.5. The quantitative estimate of drug-likeness (QED) is 0.697. The largest absolute Gasteiger partial charge is 0.435 e. The molecule has 1 aliphatic carbocycles. The van der Waals surface area contributed by atoms with Gasteiger partial charge < -0.3 is 5.32 Å². The van der Waals surface area contributed by atoms with Gasteiger partial charge in [0.25, 0.3) is 5.91 Å². The van der Waals surface area contributed by atoms with E-state index in [1.165, 1.54) is 14.0 Å². The first-order valence-electron chi connectivity index (χ1n) is 9.49. The number of alkyl halides is 3. The fourth-order valence-corrected chi connectivity index (χ4v) is 4.04. The van der Waals surface area contributed by atoms with E-state index < -0.39 is 23.3 Å². The Balaban J connectivity index is 0.00000136. The van der Waals surface area contributed by atoms with Gasteiger partial charge in [0.1, 0.15) is 0 Å². The number of halogens is 3. The van der Waals surface area contributed by atoms with Crippen molar-refractivity contribution < 1.29 is 18.0 Å². The van der Waals surface area contributed by atoms with E-state index in [1.807, 2.05) is 26.0 Å². The molecule has 154 valence electrons. The van der Waals surface area contributed by atoms with Gasteiger partial charge in [-0.3, -0.25) is 9.48 Å².